The normalized spacial score (nSPS) is 10.8. The topological polar surface area (TPSA) is 91.0 Å². The summed E-state index contributed by atoms with van der Waals surface area (Å²) in [5.74, 6) is -0.224. The first-order chi connectivity index (χ1) is 8.29. The molecule has 5 N–H and O–H groups in total. The van der Waals surface area contributed by atoms with E-state index in [1.165, 1.54) is 0 Å². The van der Waals surface area contributed by atoms with Gasteiger partial charge in [-0.25, -0.2) is 4.79 Å². The lowest BCUT2D eigenvalue weighted by molar-refractivity contribution is -0.137. The molecule has 0 aliphatic rings. The number of carbonyl (C=O) groups excluding carboxylic acids is 1. The fraction of sp³-hybridized carbons (Fsp3) is 0.200. The number of hydrogen-bond acceptors (Lipinski definition) is 2. The highest BCUT2D eigenvalue weighted by Crippen LogP contribution is 2.29. The van der Waals surface area contributed by atoms with Crippen molar-refractivity contribution in [2.75, 3.05) is 11.9 Å². The third-order valence-corrected chi connectivity index (χ3v) is 1.91. The van der Waals surface area contributed by atoms with E-state index in [1.54, 1.807) is 0 Å². The monoisotopic (exact) mass is 260 g/mol. The number of carbonyl (C=O) groups is 1. The van der Waals surface area contributed by atoms with Crippen molar-refractivity contribution in [2.45, 2.75) is 6.18 Å². The number of alkyl halides is 3. The maximum Gasteiger partial charge on any atom is 0.416 e. The minimum atomic E-state index is -4.41. The third kappa shape index (κ3) is 4.32. The molecule has 0 fully saturated rings. The van der Waals surface area contributed by atoms with Gasteiger partial charge >= 0.3 is 12.2 Å². The van der Waals surface area contributed by atoms with Gasteiger partial charge in [-0.1, -0.05) is 0 Å². The van der Waals surface area contributed by atoms with E-state index >= 15 is 0 Å². The van der Waals surface area contributed by atoms with Crippen molar-refractivity contribution in [3.05, 3.63) is 29.8 Å². The highest BCUT2D eigenvalue weighted by atomic mass is 19.4. The molecule has 8 heteroatoms. The number of hydrogen-bond donors (Lipinski definition) is 4. The summed E-state index contributed by atoms with van der Waals surface area (Å²) in [5.41, 5.74) is 4.44. The molecule has 98 valence electrons. The summed E-state index contributed by atoms with van der Waals surface area (Å²) in [4.78, 5) is 11.2. The van der Waals surface area contributed by atoms with Crippen LogP contribution in [0.15, 0.2) is 24.3 Å². The molecule has 0 aliphatic carbocycles. The average Bonchev–Trinajstić information content (AvgIpc) is 2.26. The predicted molar refractivity (Wildman–Crippen MR) is 60.4 cm³/mol. The zero-order chi connectivity index (χ0) is 13.8. The molecule has 18 heavy (non-hydrogen) atoms. The maximum absolute atomic E-state index is 12.3. The minimum Gasteiger partial charge on any atom is -0.386 e. The van der Waals surface area contributed by atoms with Gasteiger partial charge in [0, 0.05) is 5.69 Å². The third-order valence-electron chi connectivity index (χ3n) is 1.91. The molecule has 0 radical (unpaired) electrons. The summed E-state index contributed by atoms with van der Waals surface area (Å²) in [5, 5.41) is 11.4. The molecule has 5 nitrogen and oxygen atoms in total. The second-order valence-electron chi connectivity index (χ2n) is 3.41. The molecule has 0 unspecified atom stereocenters. The molecule has 0 bridgehead atoms. The van der Waals surface area contributed by atoms with Crippen LogP contribution in [0.1, 0.15) is 5.56 Å². The Morgan fingerprint density at radius 1 is 1.28 bits per heavy atom. The first-order valence-electron chi connectivity index (χ1n) is 4.84. The van der Waals surface area contributed by atoms with Crippen molar-refractivity contribution in [1.29, 1.82) is 5.41 Å². The van der Waals surface area contributed by atoms with E-state index in [2.05, 4.69) is 10.6 Å². The van der Waals surface area contributed by atoms with E-state index in [4.69, 9.17) is 11.1 Å². The Morgan fingerprint density at radius 3 is 2.28 bits per heavy atom. The molecular formula is C10H11F3N4O. The first kappa shape index (κ1) is 13.8. The van der Waals surface area contributed by atoms with Crippen molar-refractivity contribution in [3.63, 3.8) is 0 Å². The Balaban J connectivity index is 2.59. The number of rotatable bonds is 3. The van der Waals surface area contributed by atoms with Crippen LogP contribution in [0.3, 0.4) is 0 Å². The Morgan fingerprint density at radius 2 is 1.83 bits per heavy atom. The molecule has 0 aliphatic heterocycles. The van der Waals surface area contributed by atoms with Crippen LogP contribution in [0, 0.1) is 5.41 Å². The molecular weight excluding hydrogens is 249 g/mol. The van der Waals surface area contributed by atoms with E-state index in [-0.39, 0.29) is 18.1 Å². The molecule has 0 aromatic heterocycles. The standard InChI is InChI=1S/C10H11F3N4O/c11-10(12,13)6-1-3-7(4-2-6)17-9(18)16-5-8(14)15/h1-4H,5H2,(H3,14,15)(H2,16,17,18). The molecule has 1 aromatic carbocycles. The van der Waals surface area contributed by atoms with Gasteiger partial charge in [-0.05, 0) is 24.3 Å². The highest BCUT2D eigenvalue weighted by Gasteiger charge is 2.29. The minimum absolute atomic E-state index is 0.132. The van der Waals surface area contributed by atoms with Crippen LogP contribution >= 0.6 is 0 Å². The maximum atomic E-state index is 12.3. The van der Waals surface area contributed by atoms with Crippen LogP contribution in [0.5, 0.6) is 0 Å². The van der Waals surface area contributed by atoms with E-state index in [9.17, 15) is 18.0 Å². The summed E-state index contributed by atoms with van der Waals surface area (Å²) in [6.45, 7) is -0.132. The van der Waals surface area contributed by atoms with Crippen LogP contribution < -0.4 is 16.4 Å². The average molecular weight is 260 g/mol. The summed E-state index contributed by atoms with van der Waals surface area (Å²) >= 11 is 0. The van der Waals surface area contributed by atoms with E-state index in [0.29, 0.717) is 0 Å². The van der Waals surface area contributed by atoms with Crippen molar-refractivity contribution >= 4 is 17.6 Å². The fourth-order valence-corrected chi connectivity index (χ4v) is 1.09. The van der Waals surface area contributed by atoms with Crippen LogP contribution in [-0.4, -0.2) is 18.4 Å². The molecule has 0 saturated heterocycles. The van der Waals surface area contributed by atoms with Gasteiger partial charge in [0.2, 0.25) is 0 Å². The zero-order valence-electron chi connectivity index (χ0n) is 9.14. The quantitative estimate of drug-likeness (QED) is 0.492. The van der Waals surface area contributed by atoms with Gasteiger partial charge in [0.15, 0.2) is 0 Å². The van der Waals surface area contributed by atoms with Crippen molar-refractivity contribution in [3.8, 4) is 0 Å². The van der Waals surface area contributed by atoms with Crippen LogP contribution in [-0.2, 0) is 6.18 Å². The SMILES string of the molecule is N=C(N)CNC(=O)Nc1ccc(C(F)(F)F)cc1. The largest absolute Gasteiger partial charge is 0.416 e. The van der Waals surface area contributed by atoms with E-state index in [0.717, 1.165) is 24.3 Å². The lowest BCUT2D eigenvalue weighted by atomic mass is 10.2. The lowest BCUT2D eigenvalue weighted by Crippen LogP contribution is -2.35. The number of amides is 2. The van der Waals surface area contributed by atoms with Crippen LogP contribution in [0.25, 0.3) is 0 Å². The van der Waals surface area contributed by atoms with Gasteiger partial charge in [0.1, 0.15) is 5.84 Å². The molecule has 1 aromatic rings. The summed E-state index contributed by atoms with van der Waals surface area (Å²) in [6.07, 6.45) is -4.41. The molecule has 0 heterocycles. The number of amidine groups is 1. The van der Waals surface area contributed by atoms with Crippen LogP contribution in [0.4, 0.5) is 23.7 Å². The van der Waals surface area contributed by atoms with E-state index in [1.807, 2.05) is 0 Å². The Hall–Kier alpha value is -2.25. The Kier molecular flexibility index (Phi) is 4.13. The van der Waals surface area contributed by atoms with Gasteiger partial charge in [0.25, 0.3) is 0 Å². The molecule has 0 atom stereocenters. The second kappa shape index (κ2) is 5.39. The molecule has 0 saturated carbocycles. The van der Waals surface area contributed by atoms with Gasteiger partial charge in [-0.3, -0.25) is 5.41 Å². The fourth-order valence-electron chi connectivity index (χ4n) is 1.09. The van der Waals surface area contributed by atoms with Crippen molar-refractivity contribution in [1.82, 2.24) is 5.32 Å². The number of halogens is 3. The predicted octanol–water partition coefficient (Wildman–Crippen LogP) is 1.76. The number of nitrogens with two attached hydrogens (primary N) is 1. The lowest BCUT2D eigenvalue weighted by Gasteiger charge is -2.09. The number of anilines is 1. The van der Waals surface area contributed by atoms with Gasteiger partial charge < -0.3 is 16.4 Å². The van der Waals surface area contributed by atoms with Gasteiger partial charge in [0.05, 0.1) is 12.1 Å². The van der Waals surface area contributed by atoms with Gasteiger partial charge in [-0.2, -0.15) is 13.2 Å². The summed E-state index contributed by atoms with van der Waals surface area (Å²) in [6, 6.07) is 3.35. The first-order valence-corrected chi connectivity index (χ1v) is 4.84. The highest BCUT2D eigenvalue weighted by molar-refractivity contribution is 5.92. The number of urea groups is 1. The zero-order valence-corrected chi connectivity index (χ0v) is 9.14. The van der Waals surface area contributed by atoms with Gasteiger partial charge in [-0.15, -0.1) is 0 Å². The smallest absolute Gasteiger partial charge is 0.386 e. The summed E-state index contributed by atoms with van der Waals surface area (Å²) < 4.78 is 36.8. The van der Waals surface area contributed by atoms with Crippen molar-refractivity contribution < 1.29 is 18.0 Å². The molecule has 0 spiro atoms. The molecule has 1 rings (SSSR count). The van der Waals surface area contributed by atoms with Crippen molar-refractivity contribution in [2.24, 2.45) is 5.73 Å². The van der Waals surface area contributed by atoms with Crippen LogP contribution in [0.2, 0.25) is 0 Å². The van der Waals surface area contributed by atoms with E-state index < -0.39 is 17.8 Å². The number of benzene rings is 1. The molecule has 2 amide bonds. The number of nitrogens with one attached hydrogen (secondary N) is 3. The Labute approximate surface area is 101 Å². The Bertz CT molecular complexity index is 441. The second-order valence-corrected chi connectivity index (χ2v) is 3.41. The summed E-state index contributed by atoms with van der Waals surface area (Å²) in [7, 11) is 0.